The van der Waals surface area contributed by atoms with Crippen molar-refractivity contribution in [1.82, 2.24) is 0 Å². The number of rotatable bonds is 8. The van der Waals surface area contributed by atoms with Crippen molar-refractivity contribution in [3.05, 3.63) is 101 Å². The molecule has 5 nitrogen and oxygen atoms in total. The number of carbonyl (C=O) groups excluding carboxylic acids is 1. The minimum Gasteiger partial charge on any atom is -0.487 e. The smallest absolute Gasteiger partial charge is 0.185 e. The number of aldehydes is 1. The molecule has 7 heteroatoms. The van der Waals surface area contributed by atoms with Crippen molar-refractivity contribution in [3.63, 3.8) is 0 Å². The van der Waals surface area contributed by atoms with Gasteiger partial charge in [0.2, 0.25) is 0 Å². The van der Waals surface area contributed by atoms with E-state index in [4.69, 9.17) is 26.5 Å². The molecule has 0 aliphatic rings. The van der Waals surface area contributed by atoms with Gasteiger partial charge in [0.1, 0.15) is 29.8 Å². The van der Waals surface area contributed by atoms with Gasteiger partial charge in [-0.3, -0.25) is 4.79 Å². The molecule has 0 unspecified atom stereocenters. The fourth-order valence-corrected chi connectivity index (χ4v) is 2.94. The number of nitrogens with two attached hydrogens (primary N) is 1. The van der Waals surface area contributed by atoms with Gasteiger partial charge < -0.3 is 14.9 Å². The molecule has 0 saturated carbocycles. The fourth-order valence-electron chi connectivity index (χ4n) is 2.71. The maximum Gasteiger partial charge on any atom is 0.185 e. The number of furan rings is 1. The Bertz CT molecular complexity index is 1180. The van der Waals surface area contributed by atoms with E-state index < -0.39 is 0 Å². The third-order valence-corrected chi connectivity index (χ3v) is 4.60. The van der Waals surface area contributed by atoms with Gasteiger partial charge in [-0.05, 0) is 66.6 Å². The van der Waals surface area contributed by atoms with Gasteiger partial charge in [-0.1, -0.05) is 30.3 Å². The average Bonchev–Trinajstić information content (AvgIpc) is 3.22. The standard InChI is InChI=1S/C24H20ClFN2O3/c1-15(22-9-7-20(13-29)31-22)10-16(2)24(27)28-19-6-8-23(21(25)12-19)30-14-17-4-3-5-18(26)11-17/h3-13H,2,14H2,1H3,(H2,27,28). The summed E-state index contributed by atoms with van der Waals surface area (Å²) in [6, 6.07) is 14.4. The zero-order chi connectivity index (χ0) is 22.4. The van der Waals surface area contributed by atoms with E-state index in [1.54, 1.807) is 48.5 Å². The SMILES string of the molecule is C=C(C=C(C)c1ccc(C=O)o1)C(N)=Nc1ccc(OCc2cccc(F)c2)c(Cl)c1. The first kappa shape index (κ1) is 22.1. The van der Waals surface area contributed by atoms with Crippen LogP contribution >= 0.6 is 11.6 Å². The molecule has 0 atom stereocenters. The van der Waals surface area contributed by atoms with Gasteiger partial charge in [0.05, 0.1) is 10.7 Å². The van der Waals surface area contributed by atoms with E-state index in [2.05, 4.69) is 11.6 Å². The molecule has 0 saturated heterocycles. The van der Waals surface area contributed by atoms with Gasteiger partial charge in [0.25, 0.3) is 0 Å². The highest BCUT2D eigenvalue weighted by molar-refractivity contribution is 6.32. The van der Waals surface area contributed by atoms with Crippen LogP contribution in [-0.4, -0.2) is 12.1 Å². The van der Waals surface area contributed by atoms with Crippen molar-refractivity contribution >= 4 is 35.0 Å². The number of carbonyl (C=O) groups is 1. The van der Waals surface area contributed by atoms with Gasteiger partial charge in [0.15, 0.2) is 12.0 Å². The lowest BCUT2D eigenvalue weighted by atomic mass is 10.1. The molecule has 2 aromatic carbocycles. The van der Waals surface area contributed by atoms with E-state index in [1.165, 1.54) is 12.1 Å². The third kappa shape index (κ3) is 5.93. The minimum absolute atomic E-state index is 0.182. The van der Waals surface area contributed by atoms with E-state index in [0.717, 1.165) is 5.57 Å². The van der Waals surface area contributed by atoms with E-state index >= 15 is 0 Å². The van der Waals surface area contributed by atoms with Crippen LogP contribution in [0.25, 0.3) is 5.57 Å². The number of ether oxygens (including phenoxy) is 1. The molecule has 158 valence electrons. The van der Waals surface area contributed by atoms with Crippen LogP contribution in [0.4, 0.5) is 10.1 Å². The van der Waals surface area contributed by atoms with E-state index in [0.29, 0.717) is 39.6 Å². The van der Waals surface area contributed by atoms with E-state index in [9.17, 15) is 9.18 Å². The Morgan fingerprint density at radius 3 is 2.74 bits per heavy atom. The first-order chi connectivity index (χ1) is 14.9. The van der Waals surface area contributed by atoms with Crippen molar-refractivity contribution in [1.29, 1.82) is 0 Å². The highest BCUT2D eigenvalue weighted by Crippen LogP contribution is 2.30. The summed E-state index contributed by atoms with van der Waals surface area (Å²) in [6.45, 7) is 5.92. The van der Waals surface area contributed by atoms with Crippen molar-refractivity contribution in [3.8, 4) is 5.75 Å². The summed E-state index contributed by atoms with van der Waals surface area (Å²) in [5.41, 5.74) is 8.49. The van der Waals surface area contributed by atoms with Crippen molar-refractivity contribution < 1.29 is 18.3 Å². The first-order valence-electron chi connectivity index (χ1n) is 9.29. The molecule has 1 aromatic heterocycles. The summed E-state index contributed by atoms with van der Waals surface area (Å²) in [6.07, 6.45) is 2.35. The predicted molar refractivity (Wildman–Crippen MR) is 120 cm³/mol. The summed E-state index contributed by atoms with van der Waals surface area (Å²) < 4.78 is 24.3. The second-order valence-corrected chi connectivity index (χ2v) is 7.11. The molecule has 31 heavy (non-hydrogen) atoms. The molecule has 0 aliphatic carbocycles. The van der Waals surface area contributed by atoms with Gasteiger partial charge in [-0.2, -0.15) is 0 Å². The molecule has 0 spiro atoms. The maximum absolute atomic E-state index is 13.3. The number of nitrogens with zero attached hydrogens (tertiary/aromatic N) is 1. The van der Waals surface area contributed by atoms with E-state index in [-0.39, 0.29) is 24.0 Å². The van der Waals surface area contributed by atoms with E-state index in [1.807, 2.05) is 6.92 Å². The summed E-state index contributed by atoms with van der Waals surface area (Å²) in [7, 11) is 0. The molecule has 0 fully saturated rings. The largest absolute Gasteiger partial charge is 0.487 e. The second kappa shape index (κ2) is 9.91. The Kier molecular flexibility index (Phi) is 7.05. The molecule has 0 aliphatic heterocycles. The monoisotopic (exact) mass is 438 g/mol. The Balaban J connectivity index is 1.69. The van der Waals surface area contributed by atoms with Crippen molar-refractivity contribution in [2.45, 2.75) is 13.5 Å². The van der Waals surface area contributed by atoms with Crippen LogP contribution in [0.15, 0.2) is 82.2 Å². The highest BCUT2D eigenvalue weighted by atomic mass is 35.5. The third-order valence-electron chi connectivity index (χ3n) is 4.30. The zero-order valence-corrected chi connectivity index (χ0v) is 17.5. The lowest BCUT2D eigenvalue weighted by Gasteiger charge is -2.09. The summed E-state index contributed by atoms with van der Waals surface area (Å²) in [4.78, 5) is 15.1. The number of allylic oxidation sites excluding steroid dienone is 1. The molecule has 0 amide bonds. The van der Waals surface area contributed by atoms with Crippen LogP contribution in [0, 0.1) is 5.82 Å². The highest BCUT2D eigenvalue weighted by Gasteiger charge is 2.07. The lowest BCUT2D eigenvalue weighted by Crippen LogP contribution is -2.12. The molecule has 3 rings (SSSR count). The molecular formula is C24H20ClFN2O3. The quantitative estimate of drug-likeness (QED) is 0.199. The molecule has 0 radical (unpaired) electrons. The van der Waals surface area contributed by atoms with Crippen LogP contribution in [0.2, 0.25) is 5.02 Å². The van der Waals surface area contributed by atoms with Crippen molar-refractivity contribution in [2.24, 2.45) is 10.7 Å². The lowest BCUT2D eigenvalue weighted by molar-refractivity contribution is 0.110. The molecule has 3 aromatic rings. The number of aliphatic imine (C=N–C) groups is 1. The molecule has 0 bridgehead atoms. The van der Waals surface area contributed by atoms with Crippen LogP contribution < -0.4 is 10.5 Å². The Labute approximate surface area is 184 Å². The maximum atomic E-state index is 13.3. The Morgan fingerprint density at radius 1 is 1.26 bits per heavy atom. The Morgan fingerprint density at radius 2 is 2.06 bits per heavy atom. The number of hydrogen-bond acceptors (Lipinski definition) is 4. The number of amidine groups is 1. The first-order valence-corrected chi connectivity index (χ1v) is 9.67. The minimum atomic E-state index is -0.326. The molecule has 1 heterocycles. The van der Waals surface area contributed by atoms with Crippen LogP contribution in [0.3, 0.4) is 0 Å². The van der Waals surface area contributed by atoms with Crippen LogP contribution in [-0.2, 0) is 6.61 Å². The zero-order valence-electron chi connectivity index (χ0n) is 16.8. The van der Waals surface area contributed by atoms with Gasteiger partial charge in [-0.15, -0.1) is 0 Å². The summed E-state index contributed by atoms with van der Waals surface area (Å²) >= 11 is 6.29. The van der Waals surface area contributed by atoms with Gasteiger partial charge in [0, 0.05) is 5.57 Å². The summed E-state index contributed by atoms with van der Waals surface area (Å²) in [5, 5.41) is 0.347. The number of hydrogen-bond donors (Lipinski definition) is 1. The summed E-state index contributed by atoms with van der Waals surface area (Å²) in [5.74, 6) is 1.10. The number of halogens is 2. The topological polar surface area (TPSA) is 77.8 Å². The average molecular weight is 439 g/mol. The fraction of sp³-hybridized carbons (Fsp3) is 0.0833. The van der Waals surface area contributed by atoms with Crippen LogP contribution in [0.5, 0.6) is 5.75 Å². The Hall–Kier alpha value is -3.64. The van der Waals surface area contributed by atoms with Crippen LogP contribution in [0.1, 0.15) is 28.8 Å². The number of benzene rings is 2. The second-order valence-electron chi connectivity index (χ2n) is 6.70. The normalized spacial score (nSPS) is 12.0. The van der Waals surface area contributed by atoms with Crippen molar-refractivity contribution in [2.75, 3.05) is 0 Å². The van der Waals surface area contributed by atoms with Gasteiger partial charge >= 0.3 is 0 Å². The molecular weight excluding hydrogens is 419 g/mol. The van der Waals surface area contributed by atoms with Gasteiger partial charge in [-0.25, -0.2) is 9.38 Å². The molecule has 2 N–H and O–H groups in total. The predicted octanol–water partition coefficient (Wildman–Crippen LogP) is 6.11.